The SMILES string of the molecule is Nc1c(Cl)cc2nc3ccccc3nc2c1N. The molecule has 1 heterocycles. The van der Waals surface area contributed by atoms with E-state index in [0.29, 0.717) is 27.4 Å². The first-order valence-electron chi connectivity index (χ1n) is 5.07. The van der Waals surface area contributed by atoms with Gasteiger partial charge in [0.15, 0.2) is 0 Å². The molecule has 0 atom stereocenters. The Bertz CT molecular complexity index is 739. The number of aromatic nitrogens is 2. The normalized spacial score (nSPS) is 11.1. The minimum absolute atomic E-state index is 0.351. The Morgan fingerprint density at radius 3 is 2.24 bits per heavy atom. The third-order valence-corrected chi connectivity index (χ3v) is 2.98. The van der Waals surface area contributed by atoms with Crippen LogP contribution in [-0.2, 0) is 0 Å². The number of anilines is 2. The third-order valence-electron chi connectivity index (χ3n) is 2.66. The van der Waals surface area contributed by atoms with Crippen molar-refractivity contribution < 1.29 is 0 Å². The van der Waals surface area contributed by atoms with Gasteiger partial charge in [0, 0.05) is 0 Å². The van der Waals surface area contributed by atoms with E-state index in [0.717, 1.165) is 11.0 Å². The number of nitrogen functional groups attached to an aromatic ring is 2. The average Bonchev–Trinajstić information content (AvgIpc) is 2.34. The molecule has 0 aliphatic rings. The molecule has 0 bridgehead atoms. The van der Waals surface area contributed by atoms with E-state index in [1.165, 1.54) is 0 Å². The number of para-hydroxylation sites is 2. The molecular weight excluding hydrogens is 236 g/mol. The molecule has 0 saturated heterocycles. The lowest BCUT2D eigenvalue weighted by Gasteiger charge is -2.07. The highest BCUT2D eigenvalue weighted by Crippen LogP contribution is 2.32. The van der Waals surface area contributed by atoms with E-state index in [4.69, 9.17) is 23.1 Å². The highest BCUT2D eigenvalue weighted by molar-refractivity contribution is 6.35. The van der Waals surface area contributed by atoms with E-state index in [9.17, 15) is 0 Å². The highest BCUT2D eigenvalue weighted by Gasteiger charge is 2.10. The van der Waals surface area contributed by atoms with Gasteiger partial charge in [-0.2, -0.15) is 0 Å². The molecule has 0 amide bonds. The standard InChI is InChI=1S/C12H9ClN4/c13-6-5-9-12(11(15)10(6)14)17-8-4-2-1-3-7(8)16-9/h1-5H,14-15H2. The summed E-state index contributed by atoms with van der Waals surface area (Å²) in [6, 6.07) is 9.26. The van der Waals surface area contributed by atoms with Gasteiger partial charge in [-0.1, -0.05) is 23.7 Å². The number of rotatable bonds is 0. The van der Waals surface area contributed by atoms with Gasteiger partial charge < -0.3 is 11.5 Å². The summed E-state index contributed by atoms with van der Waals surface area (Å²) in [7, 11) is 0. The summed E-state index contributed by atoms with van der Waals surface area (Å²) >= 11 is 5.97. The molecule has 0 unspecified atom stereocenters. The number of hydrogen-bond acceptors (Lipinski definition) is 4. The van der Waals surface area contributed by atoms with Crippen LogP contribution in [0.5, 0.6) is 0 Å². The quantitative estimate of drug-likeness (QED) is 0.471. The second kappa shape index (κ2) is 3.46. The molecule has 0 aliphatic carbocycles. The number of fused-ring (bicyclic) bond motifs is 2. The first-order valence-corrected chi connectivity index (χ1v) is 5.44. The lowest BCUT2D eigenvalue weighted by Crippen LogP contribution is -1.99. The van der Waals surface area contributed by atoms with Crippen LogP contribution < -0.4 is 11.5 Å². The Balaban J connectivity index is 2.52. The van der Waals surface area contributed by atoms with Crippen LogP contribution in [0.1, 0.15) is 0 Å². The first kappa shape index (κ1) is 10.1. The van der Waals surface area contributed by atoms with Gasteiger partial charge >= 0.3 is 0 Å². The summed E-state index contributed by atoms with van der Waals surface area (Å²) in [4.78, 5) is 8.91. The summed E-state index contributed by atoms with van der Waals surface area (Å²) < 4.78 is 0. The van der Waals surface area contributed by atoms with Crippen molar-refractivity contribution in [2.24, 2.45) is 0 Å². The lowest BCUT2D eigenvalue weighted by atomic mass is 10.2. The molecule has 0 fully saturated rings. The van der Waals surface area contributed by atoms with Gasteiger partial charge in [0.2, 0.25) is 0 Å². The molecule has 1 aromatic heterocycles. The van der Waals surface area contributed by atoms with E-state index in [-0.39, 0.29) is 0 Å². The fraction of sp³-hybridized carbons (Fsp3) is 0. The Kier molecular flexibility index (Phi) is 2.06. The van der Waals surface area contributed by atoms with Gasteiger partial charge in [0.1, 0.15) is 5.52 Å². The molecule has 3 rings (SSSR count). The second-order valence-electron chi connectivity index (χ2n) is 3.77. The van der Waals surface area contributed by atoms with Crippen molar-refractivity contribution in [3.63, 3.8) is 0 Å². The van der Waals surface area contributed by atoms with Crippen LogP contribution in [0, 0.1) is 0 Å². The highest BCUT2D eigenvalue weighted by atomic mass is 35.5. The minimum Gasteiger partial charge on any atom is -0.396 e. The minimum atomic E-state index is 0.351. The summed E-state index contributed by atoms with van der Waals surface area (Å²) in [5, 5.41) is 0.402. The summed E-state index contributed by atoms with van der Waals surface area (Å²) in [5.74, 6) is 0. The van der Waals surface area contributed by atoms with Gasteiger partial charge in [0.25, 0.3) is 0 Å². The van der Waals surface area contributed by atoms with E-state index in [1.807, 2.05) is 24.3 Å². The lowest BCUT2D eigenvalue weighted by molar-refractivity contribution is 1.40. The molecule has 84 valence electrons. The largest absolute Gasteiger partial charge is 0.396 e. The van der Waals surface area contributed by atoms with Gasteiger partial charge in [-0.3, -0.25) is 0 Å². The summed E-state index contributed by atoms with van der Waals surface area (Å²) in [6.07, 6.45) is 0. The monoisotopic (exact) mass is 244 g/mol. The van der Waals surface area contributed by atoms with Crippen LogP contribution in [0.4, 0.5) is 11.4 Å². The van der Waals surface area contributed by atoms with Crippen molar-refractivity contribution in [2.45, 2.75) is 0 Å². The topological polar surface area (TPSA) is 77.8 Å². The fourth-order valence-corrected chi connectivity index (χ4v) is 1.97. The smallest absolute Gasteiger partial charge is 0.115 e. The van der Waals surface area contributed by atoms with Gasteiger partial charge in [0.05, 0.1) is 32.9 Å². The molecule has 2 aromatic carbocycles. The molecular formula is C12H9ClN4. The van der Waals surface area contributed by atoms with Crippen molar-refractivity contribution in [1.29, 1.82) is 0 Å². The number of halogens is 1. The maximum atomic E-state index is 5.97. The zero-order valence-electron chi connectivity index (χ0n) is 8.81. The van der Waals surface area contributed by atoms with Crippen molar-refractivity contribution in [3.05, 3.63) is 35.4 Å². The zero-order valence-corrected chi connectivity index (χ0v) is 9.57. The predicted molar refractivity (Wildman–Crippen MR) is 70.9 cm³/mol. The number of nitrogens with zero attached hydrogens (tertiary/aromatic N) is 2. The van der Waals surface area contributed by atoms with Crippen LogP contribution >= 0.6 is 11.6 Å². The molecule has 5 heteroatoms. The molecule has 4 N–H and O–H groups in total. The van der Waals surface area contributed by atoms with Crippen molar-refractivity contribution in [3.8, 4) is 0 Å². The number of hydrogen-bond donors (Lipinski definition) is 2. The van der Waals surface area contributed by atoms with Crippen LogP contribution in [0.2, 0.25) is 5.02 Å². The second-order valence-corrected chi connectivity index (χ2v) is 4.17. The van der Waals surface area contributed by atoms with Gasteiger partial charge in [-0.05, 0) is 18.2 Å². The van der Waals surface area contributed by atoms with Gasteiger partial charge in [-0.15, -0.1) is 0 Å². The Labute approximate surface area is 102 Å². The van der Waals surface area contributed by atoms with Crippen molar-refractivity contribution in [2.75, 3.05) is 11.5 Å². The Morgan fingerprint density at radius 2 is 1.53 bits per heavy atom. The van der Waals surface area contributed by atoms with E-state index in [1.54, 1.807) is 6.07 Å². The molecule has 0 aliphatic heterocycles. The maximum Gasteiger partial charge on any atom is 0.115 e. The predicted octanol–water partition coefficient (Wildman–Crippen LogP) is 2.60. The molecule has 0 radical (unpaired) electrons. The van der Waals surface area contributed by atoms with Gasteiger partial charge in [-0.25, -0.2) is 9.97 Å². The van der Waals surface area contributed by atoms with Crippen LogP contribution in [0.3, 0.4) is 0 Å². The van der Waals surface area contributed by atoms with Crippen LogP contribution in [0.25, 0.3) is 22.1 Å². The number of nitrogens with two attached hydrogens (primary N) is 2. The Morgan fingerprint density at radius 1 is 0.882 bits per heavy atom. The summed E-state index contributed by atoms with van der Waals surface area (Å²) in [6.45, 7) is 0. The van der Waals surface area contributed by atoms with Crippen molar-refractivity contribution in [1.82, 2.24) is 9.97 Å². The molecule has 3 aromatic rings. The molecule has 0 saturated carbocycles. The van der Waals surface area contributed by atoms with E-state index >= 15 is 0 Å². The van der Waals surface area contributed by atoms with E-state index < -0.39 is 0 Å². The average molecular weight is 245 g/mol. The number of benzene rings is 2. The zero-order chi connectivity index (χ0) is 12.0. The van der Waals surface area contributed by atoms with Crippen LogP contribution in [0.15, 0.2) is 30.3 Å². The molecule has 0 spiro atoms. The molecule has 17 heavy (non-hydrogen) atoms. The Hall–Kier alpha value is -2.07. The first-order chi connectivity index (χ1) is 8.16. The molecule has 4 nitrogen and oxygen atoms in total. The van der Waals surface area contributed by atoms with Crippen molar-refractivity contribution >= 4 is 45.0 Å². The maximum absolute atomic E-state index is 5.97. The fourth-order valence-electron chi connectivity index (χ4n) is 1.77. The van der Waals surface area contributed by atoms with Crippen LogP contribution in [-0.4, -0.2) is 9.97 Å². The van der Waals surface area contributed by atoms with E-state index in [2.05, 4.69) is 9.97 Å². The summed E-state index contributed by atoms with van der Waals surface area (Å²) in [5.41, 5.74) is 15.2. The third kappa shape index (κ3) is 1.45.